The average Bonchev–Trinajstić information content (AvgIpc) is 2.73. The van der Waals surface area contributed by atoms with E-state index >= 15 is 0 Å². The van der Waals surface area contributed by atoms with Crippen molar-refractivity contribution < 1.29 is 14.0 Å². The van der Waals surface area contributed by atoms with E-state index in [2.05, 4.69) is 27.7 Å². The molecule has 2 N–H and O–H groups in total. The molecule has 0 aliphatic heterocycles. The highest BCUT2D eigenvalue weighted by molar-refractivity contribution is 5.66. The molecule has 4 heteroatoms. The van der Waals surface area contributed by atoms with Crippen LogP contribution in [0, 0.1) is 0 Å². The molecule has 1 saturated carbocycles. The number of carbonyl (C=O) groups excluding carboxylic acids is 1. The predicted molar refractivity (Wildman–Crippen MR) is 126 cm³/mol. The normalized spacial score (nSPS) is 16.1. The van der Waals surface area contributed by atoms with E-state index in [0.717, 1.165) is 25.7 Å². The minimum absolute atomic E-state index is 0.206. The van der Waals surface area contributed by atoms with Crippen LogP contribution in [-0.4, -0.2) is 48.8 Å². The van der Waals surface area contributed by atoms with Crippen LogP contribution in [0.25, 0.3) is 0 Å². The van der Waals surface area contributed by atoms with Crippen molar-refractivity contribution in [1.29, 1.82) is 0 Å². The van der Waals surface area contributed by atoms with Crippen LogP contribution in [0.4, 0.5) is 0 Å². The van der Waals surface area contributed by atoms with Gasteiger partial charge < -0.3 is 15.0 Å². The molecule has 1 aliphatic rings. The number of hydrogen-bond donors (Lipinski definition) is 1. The van der Waals surface area contributed by atoms with Crippen LogP contribution in [0.3, 0.4) is 0 Å². The Bertz CT molecular complexity index is 355. The van der Waals surface area contributed by atoms with Gasteiger partial charge in [0.2, 0.25) is 0 Å². The second-order valence-electron chi connectivity index (χ2n) is 9.19. The van der Waals surface area contributed by atoms with Crippen molar-refractivity contribution in [1.82, 2.24) is 0 Å². The van der Waals surface area contributed by atoms with Gasteiger partial charge in [-0.2, -0.15) is 0 Å². The smallest absolute Gasteiger partial charge is 0.303 e. The fraction of sp³-hybridized carbons (Fsp3) is 0.960. The number of hydrogen-bond acceptors (Lipinski definition) is 3. The van der Waals surface area contributed by atoms with Gasteiger partial charge in [0.05, 0.1) is 26.2 Å². The Morgan fingerprint density at radius 1 is 0.793 bits per heavy atom. The highest BCUT2D eigenvalue weighted by Crippen LogP contribution is 2.30. The first-order chi connectivity index (χ1) is 13.9. The summed E-state index contributed by atoms with van der Waals surface area (Å²) in [6.07, 6.45) is 16.4. The van der Waals surface area contributed by atoms with Gasteiger partial charge >= 0.3 is 5.97 Å². The van der Waals surface area contributed by atoms with Crippen LogP contribution in [0.5, 0.6) is 0 Å². The second kappa shape index (κ2) is 17.1. The van der Waals surface area contributed by atoms with Crippen molar-refractivity contribution in [3.05, 3.63) is 0 Å². The van der Waals surface area contributed by atoms with Gasteiger partial charge in [0.1, 0.15) is 5.60 Å². The molecule has 0 bridgehead atoms. The fourth-order valence-electron chi connectivity index (χ4n) is 4.49. The lowest BCUT2D eigenvalue weighted by Crippen LogP contribution is -2.50. The van der Waals surface area contributed by atoms with E-state index in [1.54, 1.807) is 0 Å². The van der Waals surface area contributed by atoms with Crippen molar-refractivity contribution in [2.45, 2.75) is 124 Å². The average molecular weight is 414 g/mol. The Kier molecular flexibility index (Phi) is 16.7. The Hall–Kier alpha value is -0.610. The molecular weight excluding hydrogens is 360 g/mol. The quantitative estimate of drug-likeness (QED) is 0.272. The Morgan fingerprint density at radius 2 is 1.17 bits per heavy atom. The molecule has 29 heavy (non-hydrogen) atoms. The van der Waals surface area contributed by atoms with Gasteiger partial charge in [0, 0.05) is 13.5 Å². The molecule has 4 nitrogen and oxygen atoms in total. The zero-order chi connectivity index (χ0) is 22.0. The molecule has 0 spiro atoms. The van der Waals surface area contributed by atoms with E-state index in [1.807, 2.05) is 0 Å². The molecule has 174 valence electrons. The number of esters is 1. The summed E-state index contributed by atoms with van der Waals surface area (Å²) in [6, 6.07) is 0. The third-order valence-electron chi connectivity index (χ3n) is 6.44. The Labute approximate surface area is 182 Å². The van der Waals surface area contributed by atoms with Crippen molar-refractivity contribution >= 4 is 5.97 Å². The summed E-state index contributed by atoms with van der Waals surface area (Å²) in [5.41, 5.74) is 5.28. The summed E-state index contributed by atoms with van der Waals surface area (Å²) in [6.45, 7) is 16.9. The third kappa shape index (κ3) is 12.6. The first-order valence-electron chi connectivity index (χ1n) is 12.7. The van der Waals surface area contributed by atoms with Gasteiger partial charge in [-0.15, -0.1) is 0 Å². The van der Waals surface area contributed by atoms with E-state index in [9.17, 15) is 4.79 Å². The monoisotopic (exact) mass is 413 g/mol. The summed E-state index contributed by atoms with van der Waals surface area (Å²) in [5, 5.41) is 0. The number of unbranched alkanes of at least 4 members (excludes halogenated alkanes) is 4. The number of ether oxygens (including phenoxy) is 1. The molecule has 0 aromatic heterocycles. The third-order valence-corrected chi connectivity index (χ3v) is 6.44. The highest BCUT2D eigenvalue weighted by atomic mass is 16.6. The van der Waals surface area contributed by atoms with E-state index in [4.69, 9.17) is 10.5 Å². The van der Waals surface area contributed by atoms with Crippen LogP contribution in [-0.2, 0) is 9.53 Å². The van der Waals surface area contributed by atoms with E-state index in [-0.39, 0.29) is 11.6 Å². The van der Waals surface area contributed by atoms with Gasteiger partial charge in [0.15, 0.2) is 0 Å². The van der Waals surface area contributed by atoms with Gasteiger partial charge in [-0.1, -0.05) is 59.8 Å². The van der Waals surface area contributed by atoms with Gasteiger partial charge in [0.25, 0.3) is 0 Å². The van der Waals surface area contributed by atoms with Crippen molar-refractivity contribution in [3.8, 4) is 0 Å². The van der Waals surface area contributed by atoms with Crippen LogP contribution in [0.1, 0.15) is 118 Å². The number of nitrogens with two attached hydrogens (primary N) is 1. The summed E-state index contributed by atoms with van der Waals surface area (Å²) in [7, 11) is 0. The van der Waals surface area contributed by atoms with Crippen LogP contribution >= 0.6 is 0 Å². The zero-order valence-electron chi connectivity index (χ0n) is 20.6. The number of nitrogens with zero attached hydrogens (tertiary/aromatic N) is 1. The van der Waals surface area contributed by atoms with Gasteiger partial charge in [-0.3, -0.25) is 4.79 Å². The Morgan fingerprint density at radius 3 is 1.45 bits per heavy atom. The lowest BCUT2D eigenvalue weighted by atomic mass is 9.85. The molecule has 0 heterocycles. The molecule has 1 aliphatic carbocycles. The molecule has 0 saturated heterocycles. The summed E-state index contributed by atoms with van der Waals surface area (Å²) in [5.74, 6) is -0.206. The molecule has 0 amide bonds. The van der Waals surface area contributed by atoms with E-state index < -0.39 is 0 Å². The number of carbonyl (C=O) groups is 1. The molecule has 1 fully saturated rings. The molecular formula is C25H53N2O2+. The highest BCUT2D eigenvalue weighted by Gasteiger charge is 2.33. The number of rotatable bonds is 14. The van der Waals surface area contributed by atoms with Crippen molar-refractivity contribution in [3.63, 3.8) is 0 Å². The topological polar surface area (TPSA) is 52.3 Å². The maximum absolute atomic E-state index is 10.8. The molecule has 0 radical (unpaired) electrons. The maximum Gasteiger partial charge on any atom is 0.303 e. The molecule has 0 aromatic rings. The molecule has 1 rings (SSSR count). The lowest BCUT2D eigenvalue weighted by Gasteiger charge is -2.39. The molecule has 0 atom stereocenters. The van der Waals surface area contributed by atoms with E-state index in [1.165, 1.54) is 95.4 Å². The summed E-state index contributed by atoms with van der Waals surface area (Å²) in [4.78, 5) is 10.8. The SMILES string of the molecule is CC(=O)OC1(CN)CCCCC1.CCCC[N+](CCCC)(CCCC)CCCC. The van der Waals surface area contributed by atoms with Crippen LogP contribution in [0.2, 0.25) is 0 Å². The lowest BCUT2D eigenvalue weighted by molar-refractivity contribution is -0.929. The molecule has 0 aromatic carbocycles. The van der Waals surface area contributed by atoms with Gasteiger partial charge in [-0.25, -0.2) is 0 Å². The Balaban J connectivity index is 0.000000571. The van der Waals surface area contributed by atoms with Crippen molar-refractivity contribution in [2.24, 2.45) is 5.73 Å². The summed E-state index contributed by atoms with van der Waals surface area (Å²) < 4.78 is 6.68. The van der Waals surface area contributed by atoms with E-state index in [0.29, 0.717) is 6.54 Å². The van der Waals surface area contributed by atoms with Crippen LogP contribution in [0.15, 0.2) is 0 Å². The van der Waals surface area contributed by atoms with Crippen LogP contribution < -0.4 is 5.73 Å². The maximum atomic E-state index is 10.8. The van der Waals surface area contributed by atoms with Crippen molar-refractivity contribution in [2.75, 3.05) is 32.7 Å². The fourth-order valence-corrected chi connectivity index (χ4v) is 4.49. The minimum Gasteiger partial charge on any atom is -0.458 e. The standard InChI is InChI=1S/C16H36N.C9H17NO2/c1-5-9-13-17(14-10-6-2,15-11-7-3)16-12-8-4;1-8(11)12-9(7-10)5-3-2-4-6-9/h5-16H2,1-4H3;2-7,10H2,1H3/q+1;. The zero-order valence-corrected chi connectivity index (χ0v) is 20.6. The number of quaternary nitrogens is 1. The first kappa shape index (κ1) is 28.4. The van der Waals surface area contributed by atoms with Gasteiger partial charge in [-0.05, 0) is 51.4 Å². The first-order valence-corrected chi connectivity index (χ1v) is 12.7. The predicted octanol–water partition coefficient (Wildman–Crippen LogP) is 6.21. The minimum atomic E-state index is -0.329. The summed E-state index contributed by atoms with van der Waals surface area (Å²) >= 11 is 0. The molecule has 0 unspecified atom stereocenters. The second-order valence-corrected chi connectivity index (χ2v) is 9.19. The largest absolute Gasteiger partial charge is 0.458 e.